The second kappa shape index (κ2) is 9.82. The molecule has 9 nitrogen and oxygen atoms in total. The molecule has 0 aliphatic carbocycles. The summed E-state index contributed by atoms with van der Waals surface area (Å²) < 4.78 is 21.8. The average molecular weight is 491 g/mol. The second-order valence-corrected chi connectivity index (χ2v) is 8.78. The van der Waals surface area contributed by atoms with Gasteiger partial charge in [-0.2, -0.15) is 5.10 Å². The zero-order valence-electron chi connectivity index (χ0n) is 19.8. The number of rotatable bonds is 7. The van der Waals surface area contributed by atoms with Crippen LogP contribution in [0.3, 0.4) is 0 Å². The molecule has 1 amide bonds. The van der Waals surface area contributed by atoms with Gasteiger partial charge >= 0.3 is 6.09 Å². The first-order valence-electron chi connectivity index (χ1n) is 11.7. The largest absolute Gasteiger partial charge is 0.497 e. The number of nitrogens with one attached hydrogen (secondary N) is 1. The number of aromatic nitrogens is 3. The first kappa shape index (κ1) is 23.6. The molecule has 2 aromatic heterocycles. The van der Waals surface area contributed by atoms with Gasteiger partial charge in [-0.15, -0.1) is 0 Å². The van der Waals surface area contributed by atoms with Crippen LogP contribution in [0.4, 0.5) is 15.0 Å². The molecule has 3 heterocycles. The number of carboxylic acid groups (broad SMARTS) is 1. The van der Waals surface area contributed by atoms with Crippen molar-refractivity contribution >= 4 is 22.9 Å². The number of carbonyl (C=O) groups is 1. The number of nitrogens with two attached hydrogens (primary N) is 1. The molecule has 0 bridgehead atoms. The second-order valence-electron chi connectivity index (χ2n) is 8.78. The van der Waals surface area contributed by atoms with Crippen molar-refractivity contribution in [3.8, 4) is 16.9 Å². The van der Waals surface area contributed by atoms with Crippen LogP contribution >= 0.6 is 0 Å². The molecule has 1 aliphatic rings. The van der Waals surface area contributed by atoms with Crippen LogP contribution in [0, 0.1) is 5.82 Å². The Kier molecular flexibility index (Phi) is 6.43. The summed E-state index contributed by atoms with van der Waals surface area (Å²) in [4.78, 5) is 17.9. The predicted molar refractivity (Wildman–Crippen MR) is 135 cm³/mol. The van der Waals surface area contributed by atoms with Gasteiger partial charge in [0.25, 0.3) is 0 Å². The molecular formula is C26H27FN6O3. The molecule has 0 unspecified atom stereocenters. The van der Waals surface area contributed by atoms with Crippen LogP contribution in [0.15, 0.2) is 54.7 Å². The summed E-state index contributed by atoms with van der Waals surface area (Å²) in [6.45, 7) is 1.71. The number of fused-ring (bicyclic) bond motifs is 1. The fourth-order valence-corrected chi connectivity index (χ4v) is 4.68. The Morgan fingerprint density at radius 1 is 1.25 bits per heavy atom. The van der Waals surface area contributed by atoms with Gasteiger partial charge in [-0.1, -0.05) is 24.3 Å². The van der Waals surface area contributed by atoms with Gasteiger partial charge in [-0.05, 0) is 47.4 Å². The topological polar surface area (TPSA) is 119 Å². The van der Waals surface area contributed by atoms with Gasteiger partial charge in [0.1, 0.15) is 11.6 Å². The molecule has 1 aliphatic heterocycles. The molecular weight excluding hydrogens is 463 g/mol. The van der Waals surface area contributed by atoms with E-state index in [2.05, 4.69) is 15.2 Å². The summed E-state index contributed by atoms with van der Waals surface area (Å²) in [6, 6.07) is 14.4. The molecule has 0 saturated carbocycles. The SMILES string of the molecule is COc1ccc(Cn2nc(N3CC[C@@H](NC(=O)O)C3)c3c(-c4ccc(CN)c(F)c4)ccnc32)cc1. The molecule has 0 radical (unpaired) electrons. The molecule has 36 heavy (non-hydrogen) atoms. The maximum absolute atomic E-state index is 14.7. The van der Waals surface area contributed by atoms with E-state index in [4.69, 9.17) is 20.7 Å². The number of anilines is 1. The number of ether oxygens (including phenoxy) is 1. The molecule has 5 rings (SSSR count). The van der Waals surface area contributed by atoms with Crippen molar-refractivity contribution in [3.63, 3.8) is 0 Å². The average Bonchev–Trinajstić information content (AvgIpc) is 3.48. The fraction of sp³-hybridized carbons (Fsp3) is 0.269. The number of benzene rings is 2. The van der Waals surface area contributed by atoms with E-state index in [1.165, 1.54) is 6.07 Å². The van der Waals surface area contributed by atoms with Crippen LogP contribution in [0.25, 0.3) is 22.2 Å². The van der Waals surface area contributed by atoms with E-state index in [1.807, 2.05) is 41.1 Å². The van der Waals surface area contributed by atoms with E-state index in [1.54, 1.807) is 19.4 Å². The number of hydrogen-bond donors (Lipinski definition) is 3. The highest BCUT2D eigenvalue weighted by Crippen LogP contribution is 2.36. The number of hydrogen-bond acceptors (Lipinski definition) is 6. The normalized spacial score (nSPS) is 15.4. The predicted octanol–water partition coefficient (Wildman–Crippen LogP) is 3.60. The molecule has 2 aromatic carbocycles. The smallest absolute Gasteiger partial charge is 0.404 e. The summed E-state index contributed by atoms with van der Waals surface area (Å²) in [6.07, 6.45) is 1.31. The van der Waals surface area contributed by atoms with Crippen LogP contribution in [0.1, 0.15) is 17.5 Å². The Morgan fingerprint density at radius 2 is 2.06 bits per heavy atom. The third kappa shape index (κ3) is 4.55. The first-order valence-corrected chi connectivity index (χ1v) is 11.7. The van der Waals surface area contributed by atoms with Gasteiger partial charge in [0.15, 0.2) is 11.5 Å². The third-order valence-corrected chi connectivity index (χ3v) is 6.51. The van der Waals surface area contributed by atoms with E-state index in [-0.39, 0.29) is 18.4 Å². The highest BCUT2D eigenvalue weighted by atomic mass is 19.1. The van der Waals surface area contributed by atoms with E-state index in [9.17, 15) is 9.18 Å². The van der Waals surface area contributed by atoms with Gasteiger partial charge in [0.2, 0.25) is 0 Å². The number of amides is 1. The van der Waals surface area contributed by atoms with Crippen LogP contribution < -0.4 is 20.7 Å². The van der Waals surface area contributed by atoms with Crippen LogP contribution in [-0.4, -0.2) is 52.2 Å². The lowest BCUT2D eigenvalue weighted by Crippen LogP contribution is -2.36. The molecule has 186 valence electrons. The monoisotopic (exact) mass is 490 g/mol. The van der Waals surface area contributed by atoms with E-state index < -0.39 is 6.09 Å². The lowest BCUT2D eigenvalue weighted by atomic mass is 10.0. The zero-order chi connectivity index (χ0) is 25.2. The van der Waals surface area contributed by atoms with Crippen molar-refractivity contribution in [2.45, 2.75) is 25.6 Å². The molecule has 1 saturated heterocycles. The van der Waals surface area contributed by atoms with Crippen molar-refractivity contribution in [3.05, 3.63) is 71.7 Å². The Morgan fingerprint density at radius 3 is 2.75 bits per heavy atom. The lowest BCUT2D eigenvalue weighted by Gasteiger charge is -2.17. The van der Waals surface area contributed by atoms with E-state index in [0.717, 1.165) is 22.3 Å². The number of halogens is 1. The van der Waals surface area contributed by atoms with Crippen molar-refractivity contribution in [2.24, 2.45) is 5.73 Å². The summed E-state index contributed by atoms with van der Waals surface area (Å²) in [5.41, 5.74) is 9.28. The molecule has 4 aromatic rings. The quantitative estimate of drug-likeness (QED) is 0.362. The van der Waals surface area contributed by atoms with Gasteiger partial charge in [0, 0.05) is 31.4 Å². The molecule has 0 spiro atoms. The summed E-state index contributed by atoms with van der Waals surface area (Å²) >= 11 is 0. The van der Waals surface area contributed by atoms with Gasteiger partial charge in [-0.25, -0.2) is 18.9 Å². The summed E-state index contributed by atoms with van der Waals surface area (Å²) in [5.74, 6) is 1.10. The minimum Gasteiger partial charge on any atom is -0.497 e. The van der Waals surface area contributed by atoms with Gasteiger partial charge in [-0.3, -0.25) is 0 Å². The van der Waals surface area contributed by atoms with E-state index in [0.29, 0.717) is 48.6 Å². The van der Waals surface area contributed by atoms with Crippen molar-refractivity contribution in [1.82, 2.24) is 20.1 Å². The molecule has 4 N–H and O–H groups in total. The Hall–Kier alpha value is -4.18. The highest BCUT2D eigenvalue weighted by molar-refractivity contribution is 6.01. The minimum atomic E-state index is -1.05. The van der Waals surface area contributed by atoms with Crippen molar-refractivity contribution in [1.29, 1.82) is 0 Å². The highest BCUT2D eigenvalue weighted by Gasteiger charge is 2.29. The third-order valence-electron chi connectivity index (χ3n) is 6.51. The van der Waals surface area contributed by atoms with Gasteiger partial charge < -0.3 is 25.8 Å². The van der Waals surface area contributed by atoms with Crippen LogP contribution in [0.5, 0.6) is 5.75 Å². The first-order chi connectivity index (χ1) is 17.5. The maximum atomic E-state index is 14.7. The van der Waals surface area contributed by atoms with Crippen molar-refractivity contribution in [2.75, 3.05) is 25.1 Å². The maximum Gasteiger partial charge on any atom is 0.404 e. The van der Waals surface area contributed by atoms with Gasteiger partial charge in [0.05, 0.1) is 25.1 Å². The number of methoxy groups -OCH3 is 1. The standard InChI is InChI=1S/C26H27FN6O3/c1-36-20-6-2-16(3-7-20)14-33-24-23(25(31-33)32-11-9-19(15-32)30-26(34)35)21(8-10-29-24)17-4-5-18(13-28)22(27)12-17/h2-8,10,12,19,30H,9,11,13-15,28H2,1H3,(H,34,35)/t19-/m1/s1. The number of pyridine rings is 1. The summed E-state index contributed by atoms with van der Waals surface area (Å²) in [7, 11) is 1.62. The van der Waals surface area contributed by atoms with E-state index >= 15 is 0 Å². The summed E-state index contributed by atoms with van der Waals surface area (Å²) in [5, 5.41) is 17.4. The van der Waals surface area contributed by atoms with Crippen LogP contribution in [-0.2, 0) is 13.1 Å². The molecule has 1 fully saturated rings. The minimum absolute atomic E-state index is 0.120. The van der Waals surface area contributed by atoms with Crippen LogP contribution in [0.2, 0.25) is 0 Å². The number of nitrogens with zero attached hydrogens (tertiary/aromatic N) is 4. The fourth-order valence-electron chi connectivity index (χ4n) is 4.68. The molecule has 10 heteroatoms. The Labute approximate surface area is 207 Å². The Bertz CT molecular complexity index is 1410. The lowest BCUT2D eigenvalue weighted by molar-refractivity contribution is 0.191. The van der Waals surface area contributed by atoms with Crippen molar-refractivity contribution < 1.29 is 19.0 Å². The Balaban J connectivity index is 1.61. The molecule has 1 atom stereocenters. The zero-order valence-corrected chi connectivity index (χ0v) is 19.8.